The summed E-state index contributed by atoms with van der Waals surface area (Å²) in [6.45, 7) is 2.82. The molecule has 0 spiro atoms. The number of imidazole rings is 1. The third kappa shape index (κ3) is 5.36. The number of aromatic nitrogens is 2. The van der Waals surface area contributed by atoms with Crippen LogP contribution in [0.15, 0.2) is 51.6 Å². The van der Waals surface area contributed by atoms with Crippen LogP contribution < -0.4 is 11.0 Å². The highest BCUT2D eigenvalue weighted by molar-refractivity contribution is 6.10. The number of carbonyl (C=O) groups is 4. The number of hydrogen-bond acceptors (Lipinski definition) is 9. The number of hydrogen-bond donors (Lipinski definition) is 3. The second-order valence-electron chi connectivity index (χ2n) is 6.96. The van der Waals surface area contributed by atoms with E-state index >= 15 is 0 Å². The first-order valence-corrected chi connectivity index (χ1v) is 9.53. The molecule has 0 bridgehead atoms. The van der Waals surface area contributed by atoms with Gasteiger partial charge in [-0.3, -0.25) is 14.4 Å². The quantitative estimate of drug-likeness (QED) is 0.212. The zero-order valence-corrected chi connectivity index (χ0v) is 17.8. The molecule has 1 aromatic heterocycles. The number of H-pyrrole nitrogens is 2. The van der Waals surface area contributed by atoms with Gasteiger partial charge in [0.1, 0.15) is 0 Å². The molecule has 170 valence electrons. The molecule has 3 rings (SSSR count). The number of ether oxygens (including phenoxy) is 1. The molecule has 0 aliphatic carbocycles. The van der Waals surface area contributed by atoms with Gasteiger partial charge in [0.2, 0.25) is 6.04 Å². The van der Waals surface area contributed by atoms with Gasteiger partial charge < -0.3 is 20.0 Å². The van der Waals surface area contributed by atoms with Gasteiger partial charge in [-0.25, -0.2) is 14.4 Å². The maximum atomic E-state index is 12.5. The summed E-state index contributed by atoms with van der Waals surface area (Å²) in [5.41, 5.74) is 1.40. The van der Waals surface area contributed by atoms with Gasteiger partial charge in [-0.1, -0.05) is 11.6 Å². The van der Waals surface area contributed by atoms with Crippen LogP contribution in [0.4, 0.5) is 5.69 Å². The third-order valence-corrected chi connectivity index (χ3v) is 4.50. The second kappa shape index (κ2) is 9.68. The van der Waals surface area contributed by atoms with E-state index in [1.165, 1.54) is 31.4 Å². The molecule has 33 heavy (non-hydrogen) atoms. The summed E-state index contributed by atoms with van der Waals surface area (Å²) in [5, 5.41) is 9.22. The van der Waals surface area contributed by atoms with Crippen molar-refractivity contribution in [2.24, 2.45) is 10.4 Å². The SMILES string of the molecule is COC(=O)c1ccc(C)cc1C(=O)ON=NC(C(C)=O)C(=O)Nc1ccc2[nH]c(=O)[nH]c2c1. The van der Waals surface area contributed by atoms with Crippen molar-refractivity contribution in [3.8, 4) is 0 Å². The number of amides is 1. The van der Waals surface area contributed by atoms with Crippen LogP contribution in [-0.4, -0.2) is 46.7 Å². The van der Waals surface area contributed by atoms with Gasteiger partial charge in [0.05, 0.1) is 29.3 Å². The predicted molar refractivity (Wildman–Crippen MR) is 115 cm³/mol. The number of carbonyl (C=O) groups excluding carboxylic acids is 4. The van der Waals surface area contributed by atoms with Crippen molar-refractivity contribution < 1.29 is 28.8 Å². The van der Waals surface area contributed by atoms with E-state index < -0.39 is 35.4 Å². The Morgan fingerprint density at radius 1 is 0.970 bits per heavy atom. The molecule has 1 amide bonds. The Kier molecular flexibility index (Phi) is 6.77. The first-order chi connectivity index (χ1) is 15.7. The van der Waals surface area contributed by atoms with Crippen LogP contribution in [0.25, 0.3) is 11.0 Å². The van der Waals surface area contributed by atoms with Crippen LogP contribution >= 0.6 is 0 Å². The lowest BCUT2D eigenvalue weighted by Crippen LogP contribution is -2.32. The number of methoxy groups -OCH3 is 1. The van der Waals surface area contributed by atoms with E-state index in [2.05, 4.69) is 30.4 Å². The van der Waals surface area contributed by atoms with Crippen molar-refractivity contribution >= 4 is 40.3 Å². The summed E-state index contributed by atoms with van der Waals surface area (Å²) in [7, 11) is 1.17. The summed E-state index contributed by atoms with van der Waals surface area (Å²) >= 11 is 0. The summed E-state index contributed by atoms with van der Waals surface area (Å²) < 4.78 is 4.64. The number of ketones is 1. The molecule has 1 atom stereocenters. The molecule has 1 unspecified atom stereocenters. The lowest BCUT2D eigenvalue weighted by molar-refractivity contribution is -0.126. The standard InChI is InChI=1S/C21H19N5O7/c1-10-4-6-13(19(29)32-3)14(8-10)20(30)33-26-25-17(11(2)27)18(28)22-12-5-7-15-16(9-12)24-21(31)23-15/h4-9,17H,1-3H3,(H,22,28)(H2,23,24,31). The molecular formula is C21H19N5O7. The van der Waals surface area contributed by atoms with E-state index in [4.69, 9.17) is 4.84 Å². The Hall–Kier alpha value is -4.61. The largest absolute Gasteiger partial charge is 0.465 e. The first kappa shape index (κ1) is 23.1. The average molecular weight is 453 g/mol. The molecule has 0 aliphatic rings. The third-order valence-electron chi connectivity index (χ3n) is 4.50. The van der Waals surface area contributed by atoms with Gasteiger partial charge in [-0.2, -0.15) is 0 Å². The Morgan fingerprint density at radius 2 is 1.70 bits per heavy atom. The zero-order chi connectivity index (χ0) is 24.1. The van der Waals surface area contributed by atoms with Crippen molar-refractivity contribution in [1.82, 2.24) is 9.97 Å². The minimum absolute atomic E-state index is 0.0395. The van der Waals surface area contributed by atoms with Gasteiger partial charge in [-0.05, 0) is 44.2 Å². The van der Waals surface area contributed by atoms with Crippen LogP contribution in [0.3, 0.4) is 0 Å². The van der Waals surface area contributed by atoms with Crippen LogP contribution in [0, 0.1) is 6.92 Å². The van der Waals surface area contributed by atoms with Gasteiger partial charge in [0, 0.05) is 11.0 Å². The predicted octanol–water partition coefficient (Wildman–Crippen LogP) is 2.07. The number of fused-ring (bicyclic) bond motifs is 1. The number of esters is 1. The van der Waals surface area contributed by atoms with Crippen molar-refractivity contribution in [3.05, 3.63) is 63.6 Å². The van der Waals surface area contributed by atoms with E-state index in [1.54, 1.807) is 19.1 Å². The highest BCUT2D eigenvalue weighted by Gasteiger charge is 2.25. The van der Waals surface area contributed by atoms with Crippen molar-refractivity contribution in [3.63, 3.8) is 0 Å². The molecule has 0 radical (unpaired) electrons. The Balaban J connectivity index is 1.73. The minimum atomic E-state index is -1.60. The molecule has 0 aliphatic heterocycles. The highest BCUT2D eigenvalue weighted by atomic mass is 16.7. The number of rotatable bonds is 7. The second-order valence-corrected chi connectivity index (χ2v) is 6.96. The van der Waals surface area contributed by atoms with E-state index in [-0.39, 0.29) is 11.1 Å². The van der Waals surface area contributed by atoms with E-state index in [0.29, 0.717) is 22.3 Å². The average Bonchev–Trinajstić information content (AvgIpc) is 3.14. The van der Waals surface area contributed by atoms with Crippen LogP contribution in [-0.2, 0) is 19.2 Å². The fourth-order valence-electron chi connectivity index (χ4n) is 2.91. The normalized spacial score (nSPS) is 11.8. The van der Waals surface area contributed by atoms with Crippen LogP contribution in [0.2, 0.25) is 0 Å². The number of nitrogens with one attached hydrogen (secondary N) is 3. The van der Waals surface area contributed by atoms with Crippen LogP contribution in [0.5, 0.6) is 0 Å². The molecule has 12 heteroatoms. The monoisotopic (exact) mass is 453 g/mol. The summed E-state index contributed by atoms with van der Waals surface area (Å²) in [4.78, 5) is 69.8. The fraction of sp³-hybridized carbons (Fsp3) is 0.190. The molecular weight excluding hydrogens is 434 g/mol. The molecule has 3 aromatic rings. The Morgan fingerprint density at radius 3 is 2.39 bits per heavy atom. The number of benzene rings is 2. The molecule has 3 N–H and O–H groups in total. The van der Waals surface area contributed by atoms with Crippen molar-refractivity contribution in [1.29, 1.82) is 0 Å². The van der Waals surface area contributed by atoms with Gasteiger partial charge in [-0.15, -0.1) is 5.11 Å². The molecule has 1 heterocycles. The Labute approximate surface area is 186 Å². The molecule has 2 aromatic carbocycles. The maximum absolute atomic E-state index is 12.5. The summed E-state index contributed by atoms with van der Waals surface area (Å²) in [5.74, 6) is -3.26. The maximum Gasteiger partial charge on any atom is 0.368 e. The van der Waals surface area contributed by atoms with E-state index in [9.17, 15) is 24.0 Å². The number of nitrogens with zero attached hydrogens (tertiary/aromatic N) is 2. The molecule has 0 saturated carbocycles. The zero-order valence-electron chi connectivity index (χ0n) is 17.8. The number of anilines is 1. The smallest absolute Gasteiger partial charge is 0.368 e. The van der Waals surface area contributed by atoms with Gasteiger partial charge in [0.15, 0.2) is 5.78 Å². The van der Waals surface area contributed by atoms with Gasteiger partial charge in [0.25, 0.3) is 5.91 Å². The summed E-state index contributed by atoms with van der Waals surface area (Å²) in [6.07, 6.45) is 0. The molecule has 0 saturated heterocycles. The van der Waals surface area contributed by atoms with Crippen molar-refractivity contribution in [2.45, 2.75) is 19.9 Å². The first-order valence-electron chi connectivity index (χ1n) is 9.53. The fourth-order valence-corrected chi connectivity index (χ4v) is 2.91. The number of Topliss-reactive ketones (excluding diaryl/α,β-unsaturated/α-hetero) is 1. The number of aryl methyl sites for hydroxylation is 1. The topological polar surface area (TPSA) is 172 Å². The van der Waals surface area contributed by atoms with E-state index in [1.807, 2.05) is 0 Å². The van der Waals surface area contributed by atoms with Crippen LogP contribution in [0.1, 0.15) is 33.2 Å². The highest BCUT2D eigenvalue weighted by Crippen LogP contribution is 2.16. The van der Waals surface area contributed by atoms with E-state index in [0.717, 1.165) is 6.92 Å². The molecule has 0 fully saturated rings. The lowest BCUT2D eigenvalue weighted by atomic mass is 10.0. The minimum Gasteiger partial charge on any atom is -0.465 e. The summed E-state index contributed by atoms with van der Waals surface area (Å²) in [6, 6.07) is 7.39. The van der Waals surface area contributed by atoms with Crippen molar-refractivity contribution in [2.75, 3.05) is 12.4 Å². The van der Waals surface area contributed by atoms with Gasteiger partial charge >= 0.3 is 17.6 Å². The lowest BCUT2D eigenvalue weighted by Gasteiger charge is -2.09. The molecule has 12 nitrogen and oxygen atoms in total. The number of aromatic amines is 2. The Bertz CT molecular complexity index is 1340.